The lowest BCUT2D eigenvalue weighted by Crippen LogP contribution is -2.08. The van der Waals surface area contributed by atoms with Crippen LogP contribution in [0.2, 0.25) is 0 Å². The molecule has 3 aliphatic heterocycles. The fourth-order valence-corrected chi connectivity index (χ4v) is 6.46. The number of rotatable bonds is 19. The van der Waals surface area contributed by atoms with E-state index in [0.29, 0.717) is 19.8 Å². The van der Waals surface area contributed by atoms with Gasteiger partial charge < -0.3 is 33.2 Å². The largest absolute Gasteiger partial charge is 0.494 e. The number of hydrogen-bond donors (Lipinski definition) is 0. The van der Waals surface area contributed by atoms with Gasteiger partial charge in [0.1, 0.15) is 61.1 Å². The summed E-state index contributed by atoms with van der Waals surface area (Å²) in [5.41, 5.74) is 7.17. The number of hydrogen-bond acceptors (Lipinski definition) is 7. The third kappa shape index (κ3) is 9.15. The Kier molecular flexibility index (Phi) is 10.7. The first-order chi connectivity index (χ1) is 25.7. The van der Waals surface area contributed by atoms with Crippen LogP contribution in [0.5, 0.6) is 23.0 Å². The molecular formula is C45H46O7. The Balaban J connectivity index is 1.08. The SMILES string of the molecule is CCCCOc1ccc(C(c2ccc(OCC3CO3)cc2)c2ccc(C(c3ccc(OCC4CO4)cc3)c3ccc(OCC4CO4)cc3)cc2)cc1. The molecule has 4 unspecified atom stereocenters. The summed E-state index contributed by atoms with van der Waals surface area (Å²) in [7, 11) is 0. The molecule has 0 amide bonds. The number of ether oxygens (including phenoxy) is 7. The van der Waals surface area contributed by atoms with Crippen LogP contribution in [-0.2, 0) is 14.2 Å². The normalized spacial score (nSPS) is 19.7. The van der Waals surface area contributed by atoms with Gasteiger partial charge in [0.25, 0.3) is 0 Å². The molecule has 0 aliphatic carbocycles. The molecule has 0 saturated carbocycles. The second-order valence-electron chi connectivity index (χ2n) is 13.8. The van der Waals surface area contributed by atoms with Crippen LogP contribution in [0.3, 0.4) is 0 Å². The molecule has 3 aliphatic rings. The van der Waals surface area contributed by atoms with E-state index in [9.17, 15) is 0 Å². The maximum absolute atomic E-state index is 6.00. The molecule has 0 aromatic heterocycles. The van der Waals surface area contributed by atoms with Crippen molar-refractivity contribution in [3.63, 3.8) is 0 Å². The van der Waals surface area contributed by atoms with Gasteiger partial charge in [-0.15, -0.1) is 0 Å². The Labute approximate surface area is 306 Å². The van der Waals surface area contributed by atoms with Gasteiger partial charge in [0.05, 0.1) is 26.4 Å². The molecule has 268 valence electrons. The molecule has 52 heavy (non-hydrogen) atoms. The summed E-state index contributed by atoms with van der Waals surface area (Å²) in [5.74, 6) is 3.49. The molecule has 8 rings (SSSR count). The van der Waals surface area contributed by atoms with Crippen molar-refractivity contribution in [1.29, 1.82) is 0 Å². The third-order valence-electron chi connectivity index (χ3n) is 9.74. The predicted octanol–water partition coefficient (Wildman–Crippen LogP) is 8.56. The van der Waals surface area contributed by atoms with Crippen molar-refractivity contribution < 1.29 is 33.2 Å². The van der Waals surface area contributed by atoms with Crippen LogP contribution < -0.4 is 18.9 Å². The lowest BCUT2D eigenvalue weighted by molar-refractivity contribution is 0.263. The van der Waals surface area contributed by atoms with Gasteiger partial charge in [-0.2, -0.15) is 0 Å². The zero-order chi connectivity index (χ0) is 35.1. The van der Waals surface area contributed by atoms with Gasteiger partial charge in [-0.25, -0.2) is 0 Å². The van der Waals surface area contributed by atoms with E-state index < -0.39 is 0 Å². The number of unbranched alkanes of at least 4 members (excludes halogenated alkanes) is 1. The zero-order valence-electron chi connectivity index (χ0n) is 29.7. The Morgan fingerprint density at radius 3 is 0.923 bits per heavy atom. The maximum atomic E-state index is 6.00. The van der Waals surface area contributed by atoms with Gasteiger partial charge in [-0.3, -0.25) is 0 Å². The highest BCUT2D eigenvalue weighted by Crippen LogP contribution is 2.38. The molecule has 0 radical (unpaired) electrons. The van der Waals surface area contributed by atoms with Gasteiger partial charge in [0.2, 0.25) is 0 Å². The zero-order valence-corrected chi connectivity index (χ0v) is 29.7. The second kappa shape index (κ2) is 16.2. The molecule has 3 heterocycles. The van der Waals surface area contributed by atoms with Gasteiger partial charge in [-0.05, 0) is 88.3 Å². The van der Waals surface area contributed by atoms with Crippen LogP contribution >= 0.6 is 0 Å². The average Bonchev–Trinajstić information content (AvgIpc) is 4.04. The number of epoxide rings is 3. The number of benzene rings is 5. The van der Waals surface area contributed by atoms with E-state index in [0.717, 1.165) is 62.3 Å². The van der Waals surface area contributed by atoms with E-state index in [2.05, 4.69) is 128 Å². The first-order valence-electron chi connectivity index (χ1n) is 18.5. The summed E-state index contributed by atoms with van der Waals surface area (Å²) in [6.45, 7) is 6.99. The topological polar surface area (TPSA) is 74.5 Å². The molecule has 5 aromatic carbocycles. The second-order valence-corrected chi connectivity index (χ2v) is 13.8. The lowest BCUT2D eigenvalue weighted by atomic mass is 9.81. The molecular weight excluding hydrogens is 652 g/mol. The molecule has 3 saturated heterocycles. The summed E-state index contributed by atoms with van der Waals surface area (Å²) in [5, 5.41) is 0. The van der Waals surface area contributed by atoms with Crippen molar-refractivity contribution in [2.45, 2.75) is 49.9 Å². The van der Waals surface area contributed by atoms with Crippen LogP contribution in [0.25, 0.3) is 0 Å². The Bertz CT molecular complexity index is 1780. The van der Waals surface area contributed by atoms with Crippen molar-refractivity contribution in [2.75, 3.05) is 46.2 Å². The van der Waals surface area contributed by atoms with Crippen LogP contribution in [0, 0.1) is 0 Å². The molecule has 7 heteroatoms. The molecule has 0 bridgehead atoms. The smallest absolute Gasteiger partial charge is 0.119 e. The summed E-state index contributed by atoms with van der Waals surface area (Å²) in [4.78, 5) is 0. The van der Waals surface area contributed by atoms with Gasteiger partial charge in [0.15, 0.2) is 0 Å². The van der Waals surface area contributed by atoms with Crippen molar-refractivity contribution in [3.8, 4) is 23.0 Å². The summed E-state index contributed by atoms with van der Waals surface area (Å²) in [6.07, 6.45) is 2.80. The summed E-state index contributed by atoms with van der Waals surface area (Å²) in [6, 6.07) is 43.0. The van der Waals surface area contributed by atoms with Crippen molar-refractivity contribution in [3.05, 3.63) is 155 Å². The van der Waals surface area contributed by atoms with E-state index in [1.54, 1.807) is 0 Å². The van der Waals surface area contributed by atoms with E-state index in [1.165, 1.54) is 33.4 Å². The van der Waals surface area contributed by atoms with Crippen LogP contribution in [-0.4, -0.2) is 64.6 Å². The van der Waals surface area contributed by atoms with E-state index >= 15 is 0 Å². The maximum Gasteiger partial charge on any atom is 0.119 e. The van der Waals surface area contributed by atoms with Crippen LogP contribution in [0.15, 0.2) is 121 Å². The highest BCUT2D eigenvalue weighted by atomic mass is 16.6. The minimum absolute atomic E-state index is 0.0144. The van der Waals surface area contributed by atoms with E-state index in [1.807, 2.05) is 0 Å². The molecule has 5 aromatic rings. The monoisotopic (exact) mass is 698 g/mol. The summed E-state index contributed by atoms with van der Waals surface area (Å²) >= 11 is 0. The predicted molar refractivity (Wildman–Crippen MR) is 200 cm³/mol. The third-order valence-corrected chi connectivity index (χ3v) is 9.74. The first-order valence-corrected chi connectivity index (χ1v) is 18.5. The standard InChI is InChI=1S/C45H46O7/c1-2-3-24-46-37-16-8-33(9-17-37)44(34-10-18-38(19-11-34)47-25-41-28-50-41)31-4-6-32(7-5-31)45(35-12-20-39(21-13-35)48-26-42-29-51-42)36-14-22-40(23-15-36)49-27-43-30-52-43/h4-23,41-45H,2-3,24-30H2,1H3. The molecule has 0 N–H and O–H groups in total. The van der Waals surface area contributed by atoms with E-state index in [4.69, 9.17) is 33.2 Å². The highest BCUT2D eigenvalue weighted by molar-refractivity contribution is 5.50. The van der Waals surface area contributed by atoms with Crippen molar-refractivity contribution in [1.82, 2.24) is 0 Å². The highest BCUT2D eigenvalue weighted by Gasteiger charge is 2.26. The fraction of sp³-hybridized carbons (Fsp3) is 0.333. The van der Waals surface area contributed by atoms with Gasteiger partial charge >= 0.3 is 0 Å². The summed E-state index contributed by atoms with van der Waals surface area (Å²) < 4.78 is 39.9. The van der Waals surface area contributed by atoms with Crippen molar-refractivity contribution >= 4 is 0 Å². The van der Waals surface area contributed by atoms with E-state index in [-0.39, 0.29) is 30.1 Å². The van der Waals surface area contributed by atoms with Crippen molar-refractivity contribution in [2.24, 2.45) is 0 Å². The molecule has 0 spiro atoms. The average molecular weight is 699 g/mol. The lowest BCUT2D eigenvalue weighted by Gasteiger charge is -2.23. The molecule has 7 nitrogen and oxygen atoms in total. The quantitative estimate of drug-likeness (QED) is 0.0486. The molecule has 3 fully saturated rings. The Morgan fingerprint density at radius 2 is 0.673 bits per heavy atom. The van der Waals surface area contributed by atoms with Crippen LogP contribution in [0.4, 0.5) is 0 Å². The van der Waals surface area contributed by atoms with Gasteiger partial charge in [0, 0.05) is 11.8 Å². The van der Waals surface area contributed by atoms with Gasteiger partial charge in [-0.1, -0.05) is 86.1 Å². The Hall–Kier alpha value is -4.82. The Morgan fingerprint density at radius 1 is 0.423 bits per heavy atom. The first kappa shape index (κ1) is 34.3. The fourth-order valence-electron chi connectivity index (χ4n) is 6.46. The minimum atomic E-state index is 0.0144. The minimum Gasteiger partial charge on any atom is -0.494 e. The molecule has 4 atom stereocenters. The van der Waals surface area contributed by atoms with Crippen LogP contribution in [0.1, 0.15) is 65.0 Å².